The maximum absolute atomic E-state index is 12.7. The Morgan fingerprint density at radius 3 is 2.30 bits per heavy atom. The SMILES string of the molecule is Cc1ccc(S(=O)[C@@H]2C[C@@H](C(C)(C)C)CCC2=O)cc1. The van der Waals surface area contributed by atoms with Crippen LogP contribution in [0.5, 0.6) is 0 Å². The minimum atomic E-state index is -1.21. The summed E-state index contributed by atoms with van der Waals surface area (Å²) in [5, 5.41) is -0.323. The van der Waals surface area contributed by atoms with Crippen LogP contribution in [-0.4, -0.2) is 15.2 Å². The van der Waals surface area contributed by atoms with Gasteiger partial charge in [0.05, 0.1) is 16.0 Å². The standard InChI is InChI=1S/C17H24O2S/c1-12-5-8-14(9-6-12)20(19)16-11-13(17(2,3)4)7-10-15(16)18/h5-6,8-9,13,16H,7,10-11H2,1-4H3/t13-,16+,20?/m0/s1. The molecule has 1 aliphatic rings. The van der Waals surface area contributed by atoms with Crippen LogP contribution in [0.1, 0.15) is 45.6 Å². The number of hydrogen-bond donors (Lipinski definition) is 0. The van der Waals surface area contributed by atoms with E-state index in [1.54, 1.807) is 0 Å². The Morgan fingerprint density at radius 1 is 1.15 bits per heavy atom. The molecule has 1 saturated carbocycles. The Balaban J connectivity index is 2.19. The number of Topliss-reactive ketones (excluding diaryl/α,β-unsaturated/α-hetero) is 1. The van der Waals surface area contributed by atoms with E-state index < -0.39 is 10.8 Å². The lowest BCUT2D eigenvalue weighted by molar-refractivity contribution is -0.121. The van der Waals surface area contributed by atoms with Crippen LogP contribution < -0.4 is 0 Å². The quantitative estimate of drug-likeness (QED) is 0.829. The Morgan fingerprint density at radius 2 is 1.75 bits per heavy atom. The van der Waals surface area contributed by atoms with Crippen LogP contribution in [-0.2, 0) is 15.6 Å². The molecule has 0 aromatic heterocycles. The molecule has 2 nitrogen and oxygen atoms in total. The highest BCUT2D eigenvalue weighted by Crippen LogP contribution is 2.38. The zero-order valence-corrected chi connectivity index (χ0v) is 13.6. The van der Waals surface area contributed by atoms with E-state index >= 15 is 0 Å². The first-order chi connectivity index (χ1) is 9.29. The molecule has 0 radical (unpaired) electrons. The van der Waals surface area contributed by atoms with E-state index in [1.165, 1.54) is 0 Å². The Labute approximate surface area is 124 Å². The number of benzene rings is 1. The van der Waals surface area contributed by atoms with Crippen molar-refractivity contribution in [3.63, 3.8) is 0 Å². The van der Waals surface area contributed by atoms with E-state index in [0.29, 0.717) is 12.3 Å². The third-order valence-corrected chi connectivity index (χ3v) is 6.04. The average Bonchev–Trinajstić information content (AvgIpc) is 2.38. The summed E-state index contributed by atoms with van der Waals surface area (Å²) in [6.07, 6.45) is 2.26. The minimum absolute atomic E-state index is 0.171. The lowest BCUT2D eigenvalue weighted by atomic mass is 9.72. The molecule has 0 N–H and O–H groups in total. The number of aryl methyl sites for hydroxylation is 1. The first kappa shape index (κ1) is 15.4. The van der Waals surface area contributed by atoms with Crippen LogP contribution in [0.25, 0.3) is 0 Å². The largest absolute Gasteiger partial charge is 0.298 e. The van der Waals surface area contributed by atoms with Crippen molar-refractivity contribution in [2.24, 2.45) is 11.3 Å². The monoisotopic (exact) mass is 292 g/mol. The number of carbonyl (C=O) groups is 1. The van der Waals surface area contributed by atoms with E-state index in [-0.39, 0.29) is 16.4 Å². The van der Waals surface area contributed by atoms with Crippen molar-refractivity contribution in [2.45, 2.75) is 57.1 Å². The van der Waals surface area contributed by atoms with Gasteiger partial charge in [-0.25, -0.2) is 0 Å². The molecule has 1 unspecified atom stereocenters. The number of ketones is 1. The van der Waals surface area contributed by atoms with Crippen molar-refractivity contribution in [1.29, 1.82) is 0 Å². The summed E-state index contributed by atoms with van der Waals surface area (Å²) in [7, 11) is -1.21. The molecule has 1 aromatic carbocycles. The van der Waals surface area contributed by atoms with Crippen LogP contribution in [0.3, 0.4) is 0 Å². The second kappa shape index (κ2) is 5.80. The number of carbonyl (C=O) groups excluding carboxylic acids is 1. The van der Waals surface area contributed by atoms with Crippen molar-refractivity contribution < 1.29 is 9.00 Å². The average molecular weight is 292 g/mol. The zero-order valence-electron chi connectivity index (χ0n) is 12.8. The first-order valence-electron chi connectivity index (χ1n) is 7.29. The molecule has 1 aromatic rings. The molecule has 0 heterocycles. The van der Waals surface area contributed by atoms with Crippen molar-refractivity contribution in [3.05, 3.63) is 29.8 Å². The third kappa shape index (κ3) is 3.38. The van der Waals surface area contributed by atoms with Crippen LogP contribution in [0, 0.1) is 18.3 Å². The maximum Gasteiger partial charge on any atom is 0.148 e. The highest BCUT2D eigenvalue weighted by atomic mass is 32.2. The molecule has 20 heavy (non-hydrogen) atoms. The van der Waals surface area contributed by atoms with Crippen LogP contribution in [0.4, 0.5) is 0 Å². The van der Waals surface area contributed by atoms with E-state index in [4.69, 9.17) is 0 Å². The van der Waals surface area contributed by atoms with Crippen LogP contribution >= 0.6 is 0 Å². The second-order valence-electron chi connectivity index (χ2n) is 6.90. The fourth-order valence-corrected chi connectivity index (χ4v) is 4.31. The van der Waals surface area contributed by atoms with E-state index in [9.17, 15) is 9.00 Å². The van der Waals surface area contributed by atoms with Crippen molar-refractivity contribution in [2.75, 3.05) is 0 Å². The minimum Gasteiger partial charge on any atom is -0.298 e. The fourth-order valence-electron chi connectivity index (χ4n) is 2.82. The van der Waals surface area contributed by atoms with Gasteiger partial charge in [-0.15, -0.1) is 0 Å². The molecule has 0 saturated heterocycles. The highest BCUT2D eigenvalue weighted by molar-refractivity contribution is 7.86. The van der Waals surface area contributed by atoms with Crippen LogP contribution in [0.15, 0.2) is 29.2 Å². The molecular formula is C17H24O2S. The van der Waals surface area contributed by atoms with Gasteiger partial charge in [-0.05, 0) is 43.2 Å². The lowest BCUT2D eigenvalue weighted by Crippen LogP contribution is -2.37. The lowest BCUT2D eigenvalue weighted by Gasteiger charge is -2.36. The smallest absolute Gasteiger partial charge is 0.148 e. The maximum atomic E-state index is 12.7. The van der Waals surface area contributed by atoms with Gasteiger partial charge in [-0.1, -0.05) is 38.5 Å². The first-order valence-corrected chi connectivity index (χ1v) is 8.50. The van der Waals surface area contributed by atoms with Gasteiger partial charge in [-0.2, -0.15) is 0 Å². The Bertz CT molecular complexity index is 511. The molecule has 1 fully saturated rings. The molecule has 3 atom stereocenters. The van der Waals surface area contributed by atoms with Gasteiger partial charge in [-0.3, -0.25) is 9.00 Å². The van der Waals surface area contributed by atoms with E-state index in [1.807, 2.05) is 31.2 Å². The molecule has 0 amide bonds. The normalized spacial score (nSPS) is 25.5. The molecule has 3 heteroatoms. The van der Waals surface area contributed by atoms with Gasteiger partial charge >= 0.3 is 0 Å². The molecule has 0 spiro atoms. The molecular weight excluding hydrogens is 268 g/mol. The summed E-state index contributed by atoms with van der Waals surface area (Å²) in [5.74, 6) is 0.643. The number of rotatable bonds is 2. The van der Waals surface area contributed by atoms with Gasteiger partial charge < -0.3 is 0 Å². The van der Waals surface area contributed by atoms with E-state index in [2.05, 4.69) is 20.8 Å². The van der Waals surface area contributed by atoms with Crippen LogP contribution in [0.2, 0.25) is 0 Å². The number of hydrogen-bond acceptors (Lipinski definition) is 2. The topological polar surface area (TPSA) is 34.1 Å². The molecule has 110 valence electrons. The Hall–Kier alpha value is -0.960. The summed E-state index contributed by atoms with van der Waals surface area (Å²) in [5.41, 5.74) is 1.32. The zero-order chi connectivity index (χ0) is 14.9. The van der Waals surface area contributed by atoms with Crippen molar-refractivity contribution in [1.82, 2.24) is 0 Å². The van der Waals surface area contributed by atoms with Gasteiger partial charge in [0.15, 0.2) is 0 Å². The van der Waals surface area contributed by atoms with Crippen molar-refractivity contribution in [3.8, 4) is 0 Å². The summed E-state index contributed by atoms with van der Waals surface area (Å²) in [4.78, 5) is 12.9. The Kier molecular flexibility index (Phi) is 4.48. The molecule has 2 rings (SSSR count). The molecule has 0 aliphatic heterocycles. The molecule has 0 bridgehead atoms. The summed E-state index contributed by atoms with van der Waals surface area (Å²) < 4.78 is 12.7. The molecule has 1 aliphatic carbocycles. The van der Waals surface area contributed by atoms with Gasteiger partial charge in [0.25, 0.3) is 0 Å². The van der Waals surface area contributed by atoms with Gasteiger partial charge in [0, 0.05) is 11.3 Å². The van der Waals surface area contributed by atoms with Gasteiger partial charge in [0.1, 0.15) is 5.78 Å². The summed E-state index contributed by atoms with van der Waals surface area (Å²) in [6, 6.07) is 7.70. The predicted molar refractivity (Wildman–Crippen MR) is 83.2 cm³/mol. The fraction of sp³-hybridized carbons (Fsp3) is 0.588. The summed E-state index contributed by atoms with van der Waals surface area (Å²) >= 11 is 0. The van der Waals surface area contributed by atoms with E-state index in [0.717, 1.165) is 23.3 Å². The second-order valence-corrected chi connectivity index (χ2v) is 8.54. The summed E-state index contributed by atoms with van der Waals surface area (Å²) in [6.45, 7) is 8.63. The van der Waals surface area contributed by atoms with Gasteiger partial charge in [0.2, 0.25) is 0 Å². The third-order valence-electron chi connectivity index (χ3n) is 4.33. The van der Waals surface area contributed by atoms with Crippen molar-refractivity contribution >= 4 is 16.6 Å². The highest BCUT2D eigenvalue weighted by Gasteiger charge is 2.38. The predicted octanol–water partition coefficient (Wildman–Crippen LogP) is 3.89.